The molecule has 0 atom stereocenters. The van der Waals surface area contributed by atoms with Crippen LogP contribution in [-0.4, -0.2) is 39.5 Å². The maximum atomic E-state index is 12.5. The van der Waals surface area contributed by atoms with Crippen LogP contribution in [0.4, 0.5) is 5.69 Å². The summed E-state index contributed by atoms with van der Waals surface area (Å²) >= 11 is 3.23. The van der Waals surface area contributed by atoms with Gasteiger partial charge in [0.1, 0.15) is 4.90 Å². The van der Waals surface area contributed by atoms with Gasteiger partial charge in [-0.15, -0.1) is 0 Å². The first-order valence-corrected chi connectivity index (χ1v) is 8.08. The first-order chi connectivity index (χ1) is 9.43. The van der Waals surface area contributed by atoms with Crippen LogP contribution in [0.3, 0.4) is 0 Å². The Labute approximate surface area is 127 Å². The molecule has 1 rings (SSSR count). The van der Waals surface area contributed by atoms with Crippen LogP contribution in [0, 0.1) is 11.3 Å². The zero-order valence-electron chi connectivity index (χ0n) is 11.0. The highest BCUT2D eigenvalue weighted by Crippen LogP contribution is 2.25. The molecule has 0 saturated heterocycles. The Kier molecular flexibility index (Phi) is 6.42. The Morgan fingerprint density at radius 3 is 2.70 bits per heavy atom. The summed E-state index contributed by atoms with van der Waals surface area (Å²) in [6.07, 6.45) is 0.110. The predicted molar refractivity (Wildman–Crippen MR) is 79.4 cm³/mol. The number of ether oxygens (including phenoxy) is 1. The van der Waals surface area contributed by atoms with Gasteiger partial charge in [-0.1, -0.05) is 15.9 Å². The first-order valence-electron chi connectivity index (χ1n) is 5.84. The molecule has 20 heavy (non-hydrogen) atoms. The van der Waals surface area contributed by atoms with Crippen LogP contribution in [0.5, 0.6) is 0 Å². The molecule has 0 saturated carbocycles. The van der Waals surface area contributed by atoms with Gasteiger partial charge in [0.2, 0.25) is 10.0 Å². The summed E-state index contributed by atoms with van der Waals surface area (Å²) in [6.45, 7) is 0.537. The van der Waals surface area contributed by atoms with E-state index in [9.17, 15) is 8.42 Å². The summed E-state index contributed by atoms with van der Waals surface area (Å²) in [5.41, 5.74) is 5.94. The molecule has 8 heteroatoms. The van der Waals surface area contributed by atoms with E-state index in [-0.39, 0.29) is 36.7 Å². The Hall–Kier alpha value is -1.14. The van der Waals surface area contributed by atoms with Crippen molar-refractivity contribution in [3.8, 4) is 6.07 Å². The predicted octanol–water partition coefficient (Wildman–Crippen LogP) is 1.58. The van der Waals surface area contributed by atoms with Gasteiger partial charge in [-0.2, -0.15) is 9.57 Å². The van der Waals surface area contributed by atoms with Gasteiger partial charge in [-0.25, -0.2) is 8.42 Å². The van der Waals surface area contributed by atoms with Gasteiger partial charge in [-0.3, -0.25) is 0 Å². The first kappa shape index (κ1) is 16.9. The Bertz CT molecular complexity index is 598. The number of benzene rings is 1. The molecule has 0 heterocycles. The molecule has 0 amide bonds. The molecule has 1 aromatic rings. The van der Waals surface area contributed by atoms with Crippen LogP contribution in [0.25, 0.3) is 0 Å². The van der Waals surface area contributed by atoms with Gasteiger partial charge >= 0.3 is 0 Å². The quantitative estimate of drug-likeness (QED) is 0.743. The molecule has 0 aliphatic carbocycles. The van der Waals surface area contributed by atoms with Crippen molar-refractivity contribution in [1.29, 1.82) is 5.26 Å². The highest BCUT2D eigenvalue weighted by atomic mass is 79.9. The molecule has 0 radical (unpaired) electrons. The van der Waals surface area contributed by atoms with E-state index in [1.807, 2.05) is 6.07 Å². The highest BCUT2D eigenvalue weighted by Gasteiger charge is 2.26. The van der Waals surface area contributed by atoms with E-state index in [1.54, 1.807) is 6.07 Å². The number of nitrogens with zero attached hydrogens (tertiary/aromatic N) is 2. The third-order valence-corrected chi connectivity index (χ3v) is 5.07. The Balaban J connectivity index is 3.11. The Morgan fingerprint density at radius 1 is 1.45 bits per heavy atom. The highest BCUT2D eigenvalue weighted by molar-refractivity contribution is 9.10. The van der Waals surface area contributed by atoms with Gasteiger partial charge in [-0.05, 0) is 18.2 Å². The third kappa shape index (κ3) is 4.18. The monoisotopic (exact) mass is 361 g/mol. The van der Waals surface area contributed by atoms with E-state index >= 15 is 0 Å². The lowest BCUT2D eigenvalue weighted by molar-refractivity contribution is 0.179. The van der Waals surface area contributed by atoms with Gasteiger partial charge in [0.25, 0.3) is 0 Å². The summed E-state index contributed by atoms with van der Waals surface area (Å²) in [5, 5.41) is 8.63. The summed E-state index contributed by atoms with van der Waals surface area (Å²) in [6, 6.07) is 6.53. The summed E-state index contributed by atoms with van der Waals surface area (Å²) < 4.78 is 31.9. The molecule has 0 aliphatic rings. The molecule has 110 valence electrons. The lowest BCUT2D eigenvalue weighted by atomic mass is 10.3. The molecule has 0 aromatic heterocycles. The van der Waals surface area contributed by atoms with Crippen molar-refractivity contribution in [2.24, 2.45) is 0 Å². The lowest BCUT2D eigenvalue weighted by Gasteiger charge is -2.21. The van der Waals surface area contributed by atoms with Crippen LogP contribution < -0.4 is 5.73 Å². The fourth-order valence-electron chi connectivity index (χ4n) is 1.61. The number of hydrogen-bond acceptors (Lipinski definition) is 5. The Morgan fingerprint density at radius 2 is 2.15 bits per heavy atom. The fraction of sp³-hybridized carbons (Fsp3) is 0.417. The van der Waals surface area contributed by atoms with E-state index in [0.29, 0.717) is 4.47 Å². The van der Waals surface area contributed by atoms with Crippen LogP contribution in [-0.2, 0) is 14.8 Å². The van der Waals surface area contributed by atoms with E-state index in [2.05, 4.69) is 15.9 Å². The van der Waals surface area contributed by atoms with Crippen molar-refractivity contribution in [3.05, 3.63) is 22.7 Å². The van der Waals surface area contributed by atoms with Crippen molar-refractivity contribution in [2.45, 2.75) is 11.3 Å². The number of nitrogens with two attached hydrogens (primary N) is 1. The SMILES string of the molecule is COCCN(CCC#N)S(=O)(=O)c1ccc(Br)cc1N. The number of nitrogen functional groups attached to an aromatic ring is 1. The van der Waals surface area contributed by atoms with Gasteiger partial charge in [0.05, 0.1) is 18.4 Å². The summed E-state index contributed by atoms with van der Waals surface area (Å²) in [4.78, 5) is 0.0368. The second kappa shape index (κ2) is 7.59. The average Bonchev–Trinajstić information content (AvgIpc) is 2.38. The van der Waals surface area contributed by atoms with Crippen molar-refractivity contribution < 1.29 is 13.2 Å². The summed E-state index contributed by atoms with van der Waals surface area (Å²) in [5.74, 6) is 0. The number of rotatable bonds is 7. The zero-order valence-corrected chi connectivity index (χ0v) is 13.4. The molecule has 0 fully saturated rings. The standard InChI is InChI=1S/C12H16BrN3O3S/c1-19-8-7-16(6-2-5-14)20(17,18)12-4-3-10(13)9-11(12)15/h3-4,9H,2,6-8,15H2,1H3. The molecule has 0 bridgehead atoms. The molecule has 1 aromatic carbocycles. The van der Waals surface area contributed by atoms with E-state index < -0.39 is 10.0 Å². The smallest absolute Gasteiger partial charge is 0.245 e. The van der Waals surface area contributed by atoms with Crippen molar-refractivity contribution in [1.82, 2.24) is 4.31 Å². The largest absolute Gasteiger partial charge is 0.398 e. The maximum absolute atomic E-state index is 12.5. The number of methoxy groups -OCH3 is 1. The third-order valence-electron chi connectivity index (χ3n) is 2.61. The second-order valence-electron chi connectivity index (χ2n) is 3.99. The molecule has 0 unspecified atom stereocenters. The van der Waals surface area contributed by atoms with Crippen molar-refractivity contribution in [3.63, 3.8) is 0 Å². The van der Waals surface area contributed by atoms with Crippen molar-refractivity contribution in [2.75, 3.05) is 32.5 Å². The van der Waals surface area contributed by atoms with Crippen LogP contribution in [0.1, 0.15) is 6.42 Å². The van der Waals surface area contributed by atoms with Crippen LogP contribution in [0.2, 0.25) is 0 Å². The topological polar surface area (TPSA) is 96.4 Å². The van der Waals surface area contributed by atoms with E-state index in [1.165, 1.54) is 23.5 Å². The molecular formula is C12H16BrN3O3S. The fourth-order valence-corrected chi connectivity index (χ4v) is 3.51. The lowest BCUT2D eigenvalue weighted by Crippen LogP contribution is -2.35. The molecule has 2 N–H and O–H groups in total. The van der Waals surface area contributed by atoms with Crippen LogP contribution in [0.15, 0.2) is 27.6 Å². The molecular weight excluding hydrogens is 346 g/mol. The number of halogens is 1. The maximum Gasteiger partial charge on any atom is 0.245 e. The zero-order chi connectivity index (χ0) is 15.2. The minimum absolute atomic E-state index is 0.0368. The average molecular weight is 362 g/mol. The minimum atomic E-state index is -3.74. The number of nitriles is 1. The van der Waals surface area contributed by atoms with E-state index in [4.69, 9.17) is 15.7 Å². The number of anilines is 1. The molecule has 0 aliphatic heterocycles. The minimum Gasteiger partial charge on any atom is -0.398 e. The van der Waals surface area contributed by atoms with E-state index in [0.717, 1.165) is 0 Å². The number of sulfonamides is 1. The van der Waals surface area contributed by atoms with Crippen LogP contribution >= 0.6 is 15.9 Å². The summed E-state index contributed by atoms with van der Waals surface area (Å²) in [7, 11) is -2.25. The molecule has 6 nitrogen and oxygen atoms in total. The number of hydrogen-bond donors (Lipinski definition) is 1. The van der Waals surface area contributed by atoms with Gasteiger partial charge < -0.3 is 10.5 Å². The van der Waals surface area contributed by atoms with Gasteiger partial charge in [0, 0.05) is 31.1 Å². The normalized spacial score (nSPS) is 11.5. The molecule has 0 spiro atoms. The second-order valence-corrected chi connectivity index (χ2v) is 6.81. The van der Waals surface area contributed by atoms with Gasteiger partial charge in [0.15, 0.2) is 0 Å². The van der Waals surface area contributed by atoms with Crippen molar-refractivity contribution >= 4 is 31.6 Å².